The smallest absolute Gasteiger partial charge is 0.328 e. The molecular weight excluding hydrogens is 280 g/mol. The maximum Gasteiger partial charge on any atom is 0.328 e. The minimum Gasteiger partial charge on any atom is -0.412 e. The zero-order valence-electron chi connectivity index (χ0n) is 10.2. The number of nitrogens with one attached hydrogen (secondary N) is 1. The second kappa shape index (κ2) is 5.04. The lowest BCUT2D eigenvalue weighted by Crippen LogP contribution is -1.99. The summed E-state index contributed by atoms with van der Waals surface area (Å²) in [5.74, 6) is 0. The van der Waals surface area contributed by atoms with Gasteiger partial charge in [-0.1, -0.05) is 42.5 Å². The van der Waals surface area contributed by atoms with E-state index in [0.717, 1.165) is 11.1 Å². The Labute approximate surface area is 115 Å². The number of rotatable bonds is 2. The monoisotopic (exact) mass is 292 g/mol. The van der Waals surface area contributed by atoms with Gasteiger partial charge in [-0.25, -0.2) is 4.98 Å². The number of hydrogen-bond donors (Lipinski definition) is 2. The third-order valence-corrected chi connectivity index (χ3v) is 3.51. The van der Waals surface area contributed by atoms with E-state index in [0.29, 0.717) is 11.0 Å². The van der Waals surface area contributed by atoms with E-state index in [4.69, 9.17) is 4.55 Å². The Bertz CT molecular complexity index is 841. The lowest BCUT2D eigenvalue weighted by atomic mass is 10.0. The summed E-state index contributed by atoms with van der Waals surface area (Å²) in [5, 5.41) is -0.439. The minimum absolute atomic E-state index is 0. The highest BCUT2D eigenvalue weighted by Gasteiger charge is 2.16. The average Bonchev–Trinajstić information content (AvgIpc) is 2.83. The van der Waals surface area contributed by atoms with Gasteiger partial charge in [-0.05, 0) is 11.6 Å². The number of aromatic amines is 1. The van der Waals surface area contributed by atoms with Crippen LogP contribution < -0.4 is 0 Å². The molecule has 20 heavy (non-hydrogen) atoms. The van der Waals surface area contributed by atoms with E-state index in [1.165, 1.54) is 0 Å². The van der Waals surface area contributed by atoms with Gasteiger partial charge in [-0.15, -0.1) is 0 Å². The van der Waals surface area contributed by atoms with Crippen molar-refractivity contribution in [3.05, 3.63) is 48.5 Å². The van der Waals surface area contributed by atoms with Crippen LogP contribution in [0.3, 0.4) is 0 Å². The van der Waals surface area contributed by atoms with Crippen LogP contribution >= 0.6 is 0 Å². The molecule has 104 valence electrons. The van der Waals surface area contributed by atoms with Crippen LogP contribution in [0, 0.1) is 0 Å². The molecule has 3 aromatic rings. The van der Waals surface area contributed by atoms with Crippen molar-refractivity contribution in [3.63, 3.8) is 0 Å². The first-order valence-electron chi connectivity index (χ1n) is 5.57. The fourth-order valence-corrected chi connectivity index (χ4v) is 2.43. The molecule has 0 saturated carbocycles. The molecule has 0 amide bonds. The molecule has 0 bridgehead atoms. The molecule has 0 spiro atoms. The highest BCUT2D eigenvalue weighted by atomic mass is 32.2. The van der Waals surface area contributed by atoms with Crippen molar-refractivity contribution in [1.82, 2.24) is 9.97 Å². The number of aromatic nitrogens is 2. The molecule has 0 aliphatic carbocycles. The van der Waals surface area contributed by atoms with Gasteiger partial charge in [0.1, 0.15) is 0 Å². The van der Waals surface area contributed by atoms with E-state index >= 15 is 0 Å². The van der Waals surface area contributed by atoms with Crippen LogP contribution in [-0.2, 0) is 10.1 Å². The number of H-pyrrole nitrogens is 1. The highest BCUT2D eigenvalue weighted by Crippen LogP contribution is 2.27. The molecule has 0 atom stereocenters. The Morgan fingerprint density at radius 1 is 1.00 bits per heavy atom. The van der Waals surface area contributed by atoms with Crippen LogP contribution in [-0.4, -0.2) is 28.4 Å². The molecule has 1 heterocycles. The number of para-hydroxylation sites is 1. The summed E-state index contributed by atoms with van der Waals surface area (Å²) >= 11 is 0. The van der Waals surface area contributed by atoms with Gasteiger partial charge in [0, 0.05) is 5.56 Å². The van der Waals surface area contributed by atoms with Crippen molar-refractivity contribution in [2.45, 2.75) is 5.16 Å². The number of benzene rings is 2. The maximum absolute atomic E-state index is 11.1. The largest absolute Gasteiger partial charge is 0.412 e. The van der Waals surface area contributed by atoms with Gasteiger partial charge >= 0.3 is 10.1 Å². The number of hydrogen-bond acceptors (Lipinski definition) is 3. The summed E-state index contributed by atoms with van der Waals surface area (Å²) in [6, 6.07) is 14.9. The first-order chi connectivity index (χ1) is 9.05. The van der Waals surface area contributed by atoms with Gasteiger partial charge in [-0.2, -0.15) is 8.42 Å². The zero-order chi connectivity index (χ0) is 13.5. The summed E-state index contributed by atoms with van der Waals surface area (Å²) in [7, 11) is -4.33. The molecule has 0 saturated heterocycles. The Morgan fingerprint density at radius 2 is 1.70 bits per heavy atom. The van der Waals surface area contributed by atoms with Crippen molar-refractivity contribution in [1.29, 1.82) is 0 Å². The topological polar surface area (TPSA) is 115 Å². The molecule has 0 aliphatic rings. The molecule has 0 fully saturated rings. The maximum atomic E-state index is 11.1. The zero-order valence-corrected chi connectivity index (χ0v) is 11.1. The Hall–Kier alpha value is -2.22. The number of imidazole rings is 1. The van der Waals surface area contributed by atoms with Crippen LogP contribution in [0.15, 0.2) is 53.7 Å². The van der Waals surface area contributed by atoms with Crippen molar-refractivity contribution in [2.24, 2.45) is 0 Å². The molecular formula is C13H12N2O4S. The fraction of sp³-hybridized carbons (Fsp3) is 0. The Balaban J connectivity index is 0.00000147. The van der Waals surface area contributed by atoms with Crippen molar-refractivity contribution in [2.75, 3.05) is 0 Å². The molecule has 0 radical (unpaired) electrons. The van der Waals surface area contributed by atoms with Crippen LogP contribution in [0.1, 0.15) is 0 Å². The third kappa shape index (κ3) is 2.42. The normalized spacial score (nSPS) is 11.2. The molecule has 3 rings (SSSR count). The standard InChI is InChI=1S/C13H10N2O3S.H2O/c16-19(17,18)13-14-11-8-4-7-10(12(11)15-13)9-5-2-1-3-6-9;/h1-8H,(H,14,15)(H,16,17,18);1H2. The average molecular weight is 292 g/mol. The lowest BCUT2D eigenvalue weighted by Gasteiger charge is -2.01. The van der Waals surface area contributed by atoms with E-state index in [1.807, 2.05) is 36.4 Å². The summed E-state index contributed by atoms with van der Waals surface area (Å²) in [6.45, 7) is 0. The Morgan fingerprint density at radius 3 is 2.35 bits per heavy atom. The van der Waals surface area contributed by atoms with Gasteiger partial charge in [0.2, 0.25) is 0 Å². The predicted molar refractivity (Wildman–Crippen MR) is 75.0 cm³/mol. The van der Waals surface area contributed by atoms with Crippen LogP contribution in [0.5, 0.6) is 0 Å². The molecule has 7 heteroatoms. The lowest BCUT2D eigenvalue weighted by molar-refractivity contribution is 0.476. The molecule has 6 nitrogen and oxygen atoms in total. The van der Waals surface area contributed by atoms with E-state index in [-0.39, 0.29) is 5.48 Å². The van der Waals surface area contributed by atoms with Gasteiger partial charge in [0.25, 0.3) is 5.16 Å². The highest BCUT2D eigenvalue weighted by molar-refractivity contribution is 7.85. The van der Waals surface area contributed by atoms with Gasteiger partial charge in [-0.3, -0.25) is 4.55 Å². The second-order valence-electron chi connectivity index (χ2n) is 4.08. The number of nitrogens with zero attached hydrogens (tertiary/aromatic N) is 1. The molecule has 2 aromatic carbocycles. The summed E-state index contributed by atoms with van der Waals surface area (Å²) < 4.78 is 31.3. The summed E-state index contributed by atoms with van der Waals surface area (Å²) in [6.07, 6.45) is 0. The predicted octanol–water partition coefficient (Wildman–Crippen LogP) is 1.65. The van der Waals surface area contributed by atoms with Gasteiger partial charge < -0.3 is 10.5 Å². The first kappa shape index (κ1) is 14.2. The quantitative estimate of drug-likeness (QED) is 0.699. The number of fused-ring (bicyclic) bond motifs is 1. The van der Waals surface area contributed by atoms with E-state index in [9.17, 15) is 8.42 Å². The molecule has 0 aliphatic heterocycles. The summed E-state index contributed by atoms with van der Waals surface area (Å²) in [5.41, 5.74) is 2.86. The molecule has 1 aromatic heterocycles. The molecule has 0 unspecified atom stereocenters. The van der Waals surface area contributed by atoms with Crippen molar-refractivity contribution < 1.29 is 18.4 Å². The third-order valence-electron chi connectivity index (χ3n) is 2.83. The van der Waals surface area contributed by atoms with E-state index in [1.54, 1.807) is 12.1 Å². The fourth-order valence-electron chi connectivity index (χ4n) is 1.99. The van der Waals surface area contributed by atoms with Crippen molar-refractivity contribution >= 4 is 21.2 Å². The van der Waals surface area contributed by atoms with E-state index in [2.05, 4.69) is 9.97 Å². The minimum atomic E-state index is -4.33. The van der Waals surface area contributed by atoms with Gasteiger partial charge in [0.05, 0.1) is 11.0 Å². The van der Waals surface area contributed by atoms with Crippen LogP contribution in [0.25, 0.3) is 22.2 Å². The SMILES string of the molecule is O.O=S(=O)(O)c1nc2cccc(-c3ccccc3)c2[nH]1. The molecule has 4 N–H and O–H groups in total. The second-order valence-corrected chi connectivity index (χ2v) is 5.42. The van der Waals surface area contributed by atoms with Crippen LogP contribution in [0.4, 0.5) is 0 Å². The van der Waals surface area contributed by atoms with E-state index < -0.39 is 15.3 Å². The Kier molecular flexibility index (Phi) is 3.58. The van der Waals surface area contributed by atoms with Gasteiger partial charge in [0.15, 0.2) is 0 Å². The van der Waals surface area contributed by atoms with Crippen molar-refractivity contribution in [3.8, 4) is 11.1 Å². The van der Waals surface area contributed by atoms with Crippen LogP contribution in [0.2, 0.25) is 0 Å². The summed E-state index contributed by atoms with van der Waals surface area (Å²) in [4.78, 5) is 6.53. The first-order valence-corrected chi connectivity index (χ1v) is 7.01.